The zero-order chi connectivity index (χ0) is 13.5. The predicted octanol–water partition coefficient (Wildman–Crippen LogP) is 3.96. The molecule has 0 aliphatic rings. The van der Waals surface area contributed by atoms with Crippen molar-refractivity contribution in [3.8, 4) is 11.3 Å². The quantitative estimate of drug-likeness (QED) is 0.887. The van der Waals surface area contributed by atoms with Crippen LogP contribution in [0.5, 0.6) is 0 Å². The minimum absolute atomic E-state index is 0.759. The van der Waals surface area contributed by atoms with Crippen LogP contribution >= 0.6 is 11.3 Å². The Kier molecular flexibility index (Phi) is 3.30. The molecule has 0 unspecified atom stereocenters. The summed E-state index contributed by atoms with van der Waals surface area (Å²) < 4.78 is 0. The number of hydrogen-bond acceptors (Lipinski definition) is 3. The minimum atomic E-state index is -0.865. The second kappa shape index (κ2) is 4.48. The number of rotatable bonds is 2. The first-order valence-electron chi connectivity index (χ1n) is 6.06. The Morgan fingerprint density at radius 2 is 1.78 bits per heavy atom. The Bertz CT molecular complexity index is 579. The molecule has 0 saturated heterocycles. The highest BCUT2D eigenvalue weighted by atomic mass is 32.1. The van der Waals surface area contributed by atoms with Gasteiger partial charge in [0.15, 0.2) is 0 Å². The van der Waals surface area contributed by atoms with Crippen molar-refractivity contribution in [1.29, 1.82) is 0 Å². The van der Waals surface area contributed by atoms with Crippen molar-refractivity contribution in [2.75, 3.05) is 0 Å². The topological polar surface area (TPSA) is 33.1 Å². The van der Waals surface area contributed by atoms with E-state index in [2.05, 4.69) is 37.9 Å². The Labute approximate surface area is 112 Å². The van der Waals surface area contributed by atoms with Gasteiger partial charge in [-0.25, -0.2) is 4.98 Å². The van der Waals surface area contributed by atoms with E-state index in [0.29, 0.717) is 0 Å². The molecule has 2 nitrogen and oxygen atoms in total. The third kappa shape index (κ3) is 2.33. The summed E-state index contributed by atoms with van der Waals surface area (Å²) >= 11 is 1.51. The highest BCUT2D eigenvalue weighted by molar-refractivity contribution is 7.10. The molecule has 1 aromatic carbocycles. The van der Waals surface area contributed by atoms with Gasteiger partial charge in [0, 0.05) is 10.9 Å². The van der Waals surface area contributed by atoms with Gasteiger partial charge >= 0.3 is 0 Å². The Balaban J connectivity index is 2.50. The molecule has 0 atom stereocenters. The maximum atomic E-state index is 9.97. The monoisotopic (exact) mass is 261 g/mol. The van der Waals surface area contributed by atoms with Gasteiger partial charge in [-0.1, -0.05) is 12.1 Å². The van der Waals surface area contributed by atoms with Gasteiger partial charge in [-0.15, -0.1) is 11.3 Å². The maximum absolute atomic E-state index is 9.97. The molecule has 2 rings (SSSR count). The smallest absolute Gasteiger partial charge is 0.124 e. The number of aromatic nitrogens is 1. The predicted molar refractivity (Wildman–Crippen MR) is 77.0 cm³/mol. The van der Waals surface area contributed by atoms with E-state index in [1.807, 2.05) is 5.38 Å². The van der Waals surface area contributed by atoms with Gasteiger partial charge in [-0.3, -0.25) is 0 Å². The SMILES string of the molecule is Cc1ccc(-c2csc(C(C)(C)O)n2)c(C)c1C. The lowest BCUT2D eigenvalue weighted by Crippen LogP contribution is -2.14. The van der Waals surface area contributed by atoms with E-state index >= 15 is 0 Å². The fourth-order valence-electron chi connectivity index (χ4n) is 1.91. The zero-order valence-electron chi connectivity index (χ0n) is 11.5. The Hall–Kier alpha value is -1.19. The molecule has 1 aromatic heterocycles. The van der Waals surface area contributed by atoms with E-state index in [0.717, 1.165) is 16.3 Å². The third-order valence-corrected chi connectivity index (χ3v) is 4.52. The van der Waals surface area contributed by atoms with Crippen LogP contribution in [-0.2, 0) is 5.60 Å². The van der Waals surface area contributed by atoms with Crippen LogP contribution in [0, 0.1) is 20.8 Å². The molecule has 0 amide bonds. The van der Waals surface area contributed by atoms with Gasteiger partial charge in [-0.05, 0) is 51.3 Å². The first-order valence-corrected chi connectivity index (χ1v) is 6.94. The fraction of sp³-hybridized carbons (Fsp3) is 0.400. The molecule has 0 fully saturated rings. The summed E-state index contributed by atoms with van der Waals surface area (Å²) in [6, 6.07) is 4.24. The number of aryl methyl sites for hydroxylation is 1. The second-order valence-corrected chi connectivity index (χ2v) is 6.14. The lowest BCUT2D eigenvalue weighted by molar-refractivity contribution is 0.0783. The summed E-state index contributed by atoms with van der Waals surface area (Å²) in [5.41, 5.74) is 5.13. The lowest BCUT2D eigenvalue weighted by Gasteiger charge is -2.13. The summed E-state index contributed by atoms with van der Waals surface area (Å²) in [4.78, 5) is 4.55. The first kappa shape index (κ1) is 13.2. The standard InChI is InChI=1S/C15H19NOS/c1-9-6-7-12(11(3)10(9)2)13-8-18-14(16-13)15(4,5)17/h6-8,17H,1-5H3. The molecule has 0 bridgehead atoms. The highest BCUT2D eigenvalue weighted by Gasteiger charge is 2.21. The number of hydrogen-bond donors (Lipinski definition) is 1. The van der Waals surface area contributed by atoms with E-state index in [4.69, 9.17) is 0 Å². The van der Waals surface area contributed by atoms with Crippen molar-refractivity contribution < 1.29 is 5.11 Å². The molecule has 3 heteroatoms. The van der Waals surface area contributed by atoms with Gasteiger partial charge in [-0.2, -0.15) is 0 Å². The molecule has 0 spiro atoms. The van der Waals surface area contributed by atoms with Crippen LogP contribution in [0.1, 0.15) is 35.5 Å². The summed E-state index contributed by atoms with van der Waals surface area (Å²) in [6.07, 6.45) is 0. The van der Waals surface area contributed by atoms with Crippen molar-refractivity contribution in [3.05, 3.63) is 39.2 Å². The van der Waals surface area contributed by atoms with Crippen LogP contribution in [0.3, 0.4) is 0 Å². The van der Waals surface area contributed by atoms with Crippen molar-refractivity contribution >= 4 is 11.3 Å². The van der Waals surface area contributed by atoms with Crippen LogP contribution in [0.4, 0.5) is 0 Å². The number of benzene rings is 1. The van der Waals surface area contributed by atoms with Gasteiger partial charge in [0.05, 0.1) is 5.69 Å². The van der Waals surface area contributed by atoms with E-state index in [1.165, 1.54) is 28.0 Å². The fourth-order valence-corrected chi connectivity index (χ4v) is 2.75. The van der Waals surface area contributed by atoms with E-state index < -0.39 is 5.60 Å². The van der Waals surface area contributed by atoms with E-state index in [1.54, 1.807) is 13.8 Å². The van der Waals surface area contributed by atoms with Crippen molar-refractivity contribution in [3.63, 3.8) is 0 Å². The van der Waals surface area contributed by atoms with E-state index in [9.17, 15) is 5.11 Å². The molecule has 0 aliphatic heterocycles. The third-order valence-electron chi connectivity index (χ3n) is 3.36. The number of aliphatic hydroxyl groups is 1. The van der Waals surface area contributed by atoms with Crippen LogP contribution < -0.4 is 0 Å². The van der Waals surface area contributed by atoms with Crippen molar-refractivity contribution in [2.24, 2.45) is 0 Å². The summed E-state index contributed by atoms with van der Waals surface area (Å²) in [5.74, 6) is 0. The van der Waals surface area contributed by atoms with Crippen LogP contribution in [-0.4, -0.2) is 10.1 Å². The van der Waals surface area contributed by atoms with Crippen LogP contribution in [0.15, 0.2) is 17.5 Å². The molecular weight excluding hydrogens is 242 g/mol. The zero-order valence-corrected chi connectivity index (χ0v) is 12.4. The number of thiazole rings is 1. The largest absolute Gasteiger partial charge is 0.383 e. The average molecular weight is 261 g/mol. The van der Waals surface area contributed by atoms with Gasteiger partial charge in [0.2, 0.25) is 0 Å². The lowest BCUT2D eigenvalue weighted by atomic mass is 9.97. The first-order chi connectivity index (χ1) is 8.30. The minimum Gasteiger partial charge on any atom is -0.383 e. The average Bonchev–Trinajstić information content (AvgIpc) is 2.75. The maximum Gasteiger partial charge on any atom is 0.124 e. The molecular formula is C15H19NOS. The molecule has 0 radical (unpaired) electrons. The second-order valence-electron chi connectivity index (χ2n) is 5.28. The molecule has 2 aromatic rings. The van der Waals surface area contributed by atoms with Crippen molar-refractivity contribution in [1.82, 2.24) is 4.98 Å². The van der Waals surface area contributed by atoms with E-state index in [-0.39, 0.29) is 0 Å². The summed E-state index contributed by atoms with van der Waals surface area (Å²) in [5, 5.41) is 12.7. The molecule has 96 valence electrons. The molecule has 1 N–H and O–H groups in total. The molecule has 1 heterocycles. The highest BCUT2D eigenvalue weighted by Crippen LogP contribution is 2.31. The molecule has 0 saturated carbocycles. The molecule has 0 aliphatic carbocycles. The van der Waals surface area contributed by atoms with Gasteiger partial charge < -0.3 is 5.11 Å². The Morgan fingerprint density at radius 1 is 1.11 bits per heavy atom. The summed E-state index contributed by atoms with van der Waals surface area (Å²) in [7, 11) is 0. The summed E-state index contributed by atoms with van der Waals surface area (Å²) in [6.45, 7) is 9.92. The van der Waals surface area contributed by atoms with Crippen LogP contribution in [0.2, 0.25) is 0 Å². The molecule has 18 heavy (non-hydrogen) atoms. The van der Waals surface area contributed by atoms with Crippen LogP contribution in [0.25, 0.3) is 11.3 Å². The normalized spacial score (nSPS) is 11.9. The van der Waals surface area contributed by atoms with Gasteiger partial charge in [0.25, 0.3) is 0 Å². The van der Waals surface area contributed by atoms with Crippen molar-refractivity contribution in [2.45, 2.75) is 40.2 Å². The van der Waals surface area contributed by atoms with Gasteiger partial charge in [0.1, 0.15) is 10.6 Å². The number of nitrogens with zero attached hydrogens (tertiary/aromatic N) is 1. The Morgan fingerprint density at radius 3 is 2.33 bits per heavy atom.